The van der Waals surface area contributed by atoms with Crippen molar-refractivity contribution in [1.82, 2.24) is 4.98 Å². The summed E-state index contributed by atoms with van der Waals surface area (Å²) in [6.45, 7) is 2.12. The Morgan fingerprint density at radius 1 is 1.13 bits per heavy atom. The molecule has 1 heterocycles. The molecule has 76 valence electrons. The van der Waals surface area contributed by atoms with Crippen LogP contribution in [0, 0.1) is 0 Å². The first kappa shape index (κ1) is 9.71. The van der Waals surface area contributed by atoms with E-state index in [1.54, 1.807) is 6.20 Å². The highest BCUT2D eigenvalue weighted by Gasteiger charge is 2.00. The number of aromatic amines is 1. The van der Waals surface area contributed by atoms with Crippen LogP contribution in [0.4, 0.5) is 0 Å². The molecule has 0 atom stereocenters. The molecule has 0 fully saturated rings. The Morgan fingerprint density at radius 2 is 1.87 bits per heavy atom. The fraction of sp³-hybridized carbons (Fsp3) is 0.154. The largest absolute Gasteiger partial charge is 0.329 e. The van der Waals surface area contributed by atoms with Crippen molar-refractivity contribution in [3.63, 3.8) is 0 Å². The van der Waals surface area contributed by atoms with Gasteiger partial charge in [0.05, 0.1) is 0 Å². The number of H-pyrrole nitrogens is 1. The highest BCUT2D eigenvalue weighted by Crippen LogP contribution is 2.15. The first-order valence-electron chi connectivity index (χ1n) is 5.08. The third-order valence-corrected chi connectivity index (χ3v) is 2.49. The van der Waals surface area contributed by atoms with Crippen molar-refractivity contribution >= 4 is 0 Å². The van der Waals surface area contributed by atoms with Crippen molar-refractivity contribution in [2.24, 2.45) is 0 Å². The maximum atomic E-state index is 11.5. The number of hydrogen-bond acceptors (Lipinski definition) is 1. The van der Waals surface area contributed by atoms with E-state index in [1.807, 2.05) is 24.3 Å². The summed E-state index contributed by atoms with van der Waals surface area (Å²) in [6.07, 6.45) is 2.66. The monoisotopic (exact) mass is 199 g/mol. The molecule has 15 heavy (non-hydrogen) atoms. The van der Waals surface area contributed by atoms with Crippen molar-refractivity contribution in [2.45, 2.75) is 13.3 Å². The Bertz CT molecular complexity index is 496. The average Bonchev–Trinajstić information content (AvgIpc) is 2.30. The van der Waals surface area contributed by atoms with Gasteiger partial charge in [-0.25, -0.2) is 0 Å². The summed E-state index contributed by atoms with van der Waals surface area (Å²) in [5.41, 5.74) is 2.93. The number of nitrogens with one attached hydrogen (secondary N) is 1. The Morgan fingerprint density at radius 3 is 2.47 bits per heavy atom. The van der Waals surface area contributed by atoms with Gasteiger partial charge in [-0.05, 0) is 29.7 Å². The van der Waals surface area contributed by atoms with Gasteiger partial charge in [-0.3, -0.25) is 4.79 Å². The summed E-state index contributed by atoms with van der Waals surface area (Å²) in [4.78, 5) is 14.2. The molecule has 0 unspecified atom stereocenters. The molecule has 2 aromatic rings. The quantitative estimate of drug-likeness (QED) is 0.792. The Kier molecular flexibility index (Phi) is 2.68. The zero-order valence-electron chi connectivity index (χ0n) is 8.66. The number of pyridine rings is 1. The van der Waals surface area contributed by atoms with Crippen LogP contribution in [-0.2, 0) is 6.42 Å². The molecule has 0 spiro atoms. The standard InChI is InChI=1S/C13H13NO/c1-2-10-5-7-11(8-6-10)12-4-3-9-14-13(12)15/h3-9H,2H2,1H3,(H,14,15). The normalized spacial score (nSPS) is 10.2. The maximum Gasteiger partial charge on any atom is 0.255 e. The molecule has 0 aliphatic carbocycles. The molecule has 2 heteroatoms. The molecule has 0 aliphatic rings. The predicted octanol–water partition coefficient (Wildman–Crippen LogP) is 2.60. The molecule has 1 aromatic carbocycles. The molecule has 2 rings (SSSR count). The maximum absolute atomic E-state index is 11.5. The minimum absolute atomic E-state index is 0.0400. The van der Waals surface area contributed by atoms with E-state index >= 15 is 0 Å². The minimum atomic E-state index is -0.0400. The van der Waals surface area contributed by atoms with Gasteiger partial charge in [0, 0.05) is 11.8 Å². The Labute approximate surface area is 88.6 Å². The number of hydrogen-bond donors (Lipinski definition) is 1. The van der Waals surface area contributed by atoms with Gasteiger partial charge < -0.3 is 4.98 Å². The third-order valence-electron chi connectivity index (χ3n) is 2.49. The molecule has 0 saturated carbocycles. The molecular weight excluding hydrogens is 186 g/mol. The van der Waals surface area contributed by atoms with Crippen LogP contribution < -0.4 is 5.56 Å². The minimum Gasteiger partial charge on any atom is -0.329 e. The molecular formula is C13H13NO. The van der Waals surface area contributed by atoms with Gasteiger partial charge in [-0.15, -0.1) is 0 Å². The lowest BCUT2D eigenvalue weighted by Gasteiger charge is -2.01. The van der Waals surface area contributed by atoms with E-state index in [0.717, 1.165) is 17.5 Å². The number of aryl methyl sites for hydroxylation is 1. The zero-order chi connectivity index (χ0) is 10.7. The van der Waals surface area contributed by atoms with Crippen molar-refractivity contribution in [3.8, 4) is 11.1 Å². The summed E-state index contributed by atoms with van der Waals surface area (Å²) < 4.78 is 0. The predicted molar refractivity (Wildman–Crippen MR) is 61.9 cm³/mol. The van der Waals surface area contributed by atoms with Crippen LogP contribution in [0.3, 0.4) is 0 Å². The molecule has 0 saturated heterocycles. The second-order valence-electron chi connectivity index (χ2n) is 3.46. The Hall–Kier alpha value is -1.83. The van der Waals surface area contributed by atoms with E-state index in [2.05, 4.69) is 24.0 Å². The lowest BCUT2D eigenvalue weighted by atomic mass is 10.0. The van der Waals surface area contributed by atoms with Gasteiger partial charge in [0.2, 0.25) is 0 Å². The van der Waals surface area contributed by atoms with E-state index in [-0.39, 0.29) is 5.56 Å². The molecule has 0 amide bonds. The zero-order valence-corrected chi connectivity index (χ0v) is 8.66. The van der Waals surface area contributed by atoms with E-state index in [4.69, 9.17) is 0 Å². The van der Waals surface area contributed by atoms with Gasteiger partial charge in [-0.1, -0.05) is 31.2 Å². The van der Waals surface area contributed by atoms with Gasteiger partial charge >= 0.3 is 0 Å². The fourth-order valence-electron chi connectivity index (χ4n) is 1.57. The first-order chi connectivity index (χ1) is 7.31. The first-order valence-corrected chi connectivity index (χ1v) is 5.08. The summed E-state index contributed by atoms with van der Waals surface area (Å²) in [5.74, 6) is 0. The van der Waals surface area contributed by atoms with Gasteiger partial charge in [0.15, 0.2) is 0 Å². The lowest BCUT2D eigenvalue weighted by molar-refractivity contribution is 1.14. The smallest absolute Gasteiger partial charge is 0.255 e. The van der Waals surface area contributed by atoms with Crippen LogP contribution in [0.1, 0.15) is 12.5 Å². The summed E-state index contributed by atoms with van der Waals surface area (Å²) in [7, 11) is 0. The van der Waals surface area contributed by atoms with Crippen LogP contribution >= 0.6 is 0 Å². The van der Waals surface area contributed by atoms with Crippen LogP contribution in [0.2, 0.25) is 0 Å². The van der Waals surface area contributed by atoms with Crippen molar-refractivity contribution < 1.29 is 0 Å². The molecule has 1 N–H and O–H groups in total. The SMILES string of the molecule is CCc1ccc(-c2ccc[nH]c2=O)cc1. The van der Waals surface area contributed by atoms with Crippen molar-refractivity contribution in [2.75, 3.05) is 0 Å². The highest BCUT2D eigenvalue weighted by molar-refractivity contribution is 5.62. The molecule has 0 aliphatic heterocycles. The summed E-state index contributed by atoms with van der Waals surface area (Å²) >= 11 is 0. The number of aromatic nitrogens is 1. The highest BCUT2D eigenvalue weighted by atomic mass is 16.1. The van der Waals surface area contributed by atoms with E-state index < -0.39 is 0 Å². The lowest BCUT2D eigenvalue weighted by Crippen LogP contribution is -2.06. The van der Waals surface area contributed by atoms with E-state index in [9.17, 15) is 4.79 Å². The molecule has 0 bridgehead atoms. The third kappa shape index (κ3) is 1.99. The summed E-state index contributed by atoms with van der Waals surface area (Å²) in [6, 6.07) is 11.8. The van der Waals surface area contributed by atoms with Crippen molar-refractivity contribution in [3.05, 3.63) is 58.5 Å². The van der Waals surface area contributed by atoms with Gasteiger partial charge in [-0.2, -0.15) is 0 Å². The van der Waals surface area contributed by atoms with Crippen molar-refractivity contribution in [1.29, 1.82) is 0 Å². The van der Waals surface area contributed by atoms with Crippen LogP contribution in [0.15, 0.2) is 47.4 Å². The summed E-state index contributed by atoms with van der Waals surface area (Å²) in [5, 5.41) is 0. The number of rotatable bonds is 2. The van der Waals surface area contributed by atoms with Gasteiger partial charge in [0.25, 0.3) is 5.56 Å². The topological polar surface area (TPSA) is 32.9 Å². The molecule has 1 aromatic heterocycles. The molecule has 0 radical (unpaired) electrons. The number of benzene rings is 1. The van der Waals surface area contributed by atoms with Crippen LogP contribution in [0.25, 0.3) is 11.1 Å². The Balaban J connectivity index is 2.46. The second kappa shape index (κ2) is 4.13. The second-order valence-corrected chi connectivity index (χ2v) is 3.46. The van der Waals surface area contributed by atoms with E-state index in [1.165, 1.54) is 5.56 Å². The van der Waals surface area contributed by atoms with Crippen LogP contribution in [0.5, 0.6) is 0 Å². The molecule has 2 nitrogen and oxygen atoms in total. The van der Waals surface area contributed by atoms with E-state index in [0.29, 0.717) is 0 Å². The average molecular weight is 199 g/mol. The van der Waals surface area contributed by atoms with Crippen LogP contribution in [-0.4, -0.2) is 4.98 Å². The van der Waals surface area contributed by atoms with Gasteiger partial charge in [0.1, 0.15) is 0 Å². The fourth-order valence-corrected chi connectivity index (χ4v) is 1.57.